The zero-order valence-electron chi connectivity index (χ0n) is 30.2. The van der Waals surface area contributed by atoms with Gasteiger partial charge in [-0.25, -0.2) is 0 Å². The molecule has 0 bridgehead atoms. The largest absolute Gasteiger partial charge is 0.356 e. The molecule has 11 rings (SSSR count). The third-order valence-electron chi connectivity index (χ3n) is 11.7. The van der Waals surface area contributed by atoms with Crippen molar-refractivity contribution in [1.29, 1.82) is 0 Å². The molecular formula is C51H37N3. The Bertz CT molecular complexity index is 3030. The first-order valence-corrected chi connectivity index (χ1v) is 18.8. The molecule has 2 aromatic heterocycles. The number of nitrogens with one attached hydrogen (secondary N) is 1. The highest BCUT2D eigenvalue weighted by Crippen LogP contribution is 2.50. The number of fused-ring (bicyclic) bond motifs is 9. The molecular weight excluding hydrogens is 655 g/mol. The van der Waals surface area contributed by atoms with Crippen LogP contribution in [0.4, 0.5) is 11.4 Å². The van der Waals surface area contributed by atoms with Crippen molar-refractivity contribution in [1.82, 2.24) is 9.13 Å². The van der Waals surface area contributed by atoms with Crippen LogP contribution in [0.3, 0.4) is 0 Å². The molecule has 3 nitrogen and oxygen atoms in total. The summed E-state index contributed by atoms with van der Waals surface area (Å²) < 4.78 is 4.78. The van der Waals surface area contributed by atoms with Crippen molar-refractivity contribution in [2.45, 2.75) is 19.3 Å². The number of nitrogens with zero attached hydrogens (tertiary/aromatic N) is 2. The zero-order valence-corrected chi connectivity index (χ0v) is 30.2. The molecule has 3 heteroatoms. The molecule has 8 aromatic carbocycles. The molecule has 0 radical (unpaired) electrons. The first kappa shape index (κ1) is 30.8. The Morgan fingerprint density at radius 1 is 0.370 bits per heavy atom. The summed E-state index contributed by atoms with van der Waals surface area (Å²) >= 11 is 0. The highest BCUT2D eigenvalue weighted by molar-refractivity contribution is 6.11. The van der Waals surface area contributed by atoms with E-state index in [9.17, 15) is 0 Å². The van der Waals surface area contributed by atoms with E-state index in [1.54, 1.807) is 0 Å². The first-order chi connectivity index (χ1) is 26.5. The van der Waals surface area contributed by atoms with Crippen LogP contribution in [0, 0.1) is 0 Å². The topological polar surface area (TPSA) is 21.9 Å². The summed E-state index contributed by atoms with van der Waals surface area (Å²) in [6, 6.07) is 66.4. The third-order valence-corrected chi connectivity index (χ3v) is 11.7. The predicted octanol–water partition coefficient (Wildman–Crippen LogP) is 13.6. The van der Waals surface area contributed by atoms with Crippen LogP contribution < -0.4 is 5.32 Å². The van der Waals surface area contributed by atoms with Crippen molar-refractivity contribution < 1.29 is 0 Å². The van der Waals surface area contributed by atoms with Crippen LogP contribution in [0.25, 0.3) is 77.2 Å². The Balaban J connectivity index is 0.899. The molecule has 0 fully saturated rings. The van der Waals surface area contributed by atoms with Gasteiger partial charge in [-0.15, -0.1) is 0 Å². The molecule has 0 spiro atoms. The van der Waals surface area contributed by atoms with Gasteiger partial charge < -0.3 is 14.5 Å². The molecule has 0 aliphatic heterocycles. The average Bonchev–Trinajstić information content (AvgIpc) is 3.81. The van der Waals surface area contributed by atoms with Crippen molar-refractivity contribution in [3.05, 3.63) is 193 Å². The molecule has 0 saturated heterocycles. The highest BCUT2D eigenvalue weighted by atomic mass is 15.0. The summed E-state index contributed by atoms with van der Waals surface area (Å²) in [6.07, 6.45) is 0. The molecule has 256 valence electrons. The van der Waals surface area contributed by atoms with Gasteiger partial charge in [0.25, 0.3) is 0 Å². The van der Waals surface area contributed by atoms with E-state index >= 15 is 0 Å². The predicted molar refractivity (Wildman–Crippen MR) is 228 cm³/mol. The summed E-state index contributed by atoms with van der Waals surface area (Å²) in [5, 5.41) is 8.82. The van der Waals surface area contributed by atoms with Gasteiger partial charge in [0.15, 0.2) is 0 Å². The van der Waals surface area contributed by atoms with Crippen molar-refractivity contribution in [3.8, 4) is 33.6 Å². The lowest BCUT2D eigenvalue weighted by atomic mass is 9.82. The molecule has 10 aromatic rings. The summed E-state index contributed by atoms with van der Waals surface area (Å²) in [5.41, 5.74) is 17.1. The third kappa shape index (κ3) is 4.55. The Hall–Kier alpha value is -6.84. The van der Waals surface area contributed by atoms with E-state index in [4.69, 9.17) is 0 Å². The standard InChI is InChI=1S/C51H37N3/c1-51(2)45-31-36(25-27-39(45)40-28-26-38(32-46(40)51)54-47-17-9-6-14-41(47)42-15-7-10-18-48(42)54)52-35-23-20-33(21-24-35)34-22-29-50-44(30-34)43-16-8-11-19-49(43)53(50)37-12-4-3-5-13-37/h3-32,52H,1-2H3. The van der Waals surface area contributed by atoms with Crippen LogP contribution in [-0.4, -0.2) is 9.13 Å². The van der Waals surface area contributed by atoms with Crippen molar-refractivity contribution >= 4 is 55.0 Å². The molecule has 1 aliphatic rings. The van der Waals surface area contributed by atoms with Crippen LogP contribution in [-0.2, 0) is 5.41 Å². The van der Waals surface area contributed by atoms with Crippen molar-refractivity contribution in [2.75, 3.05) is 5.32 Å². The van der Waals surface area contributed by atoms with Crippen LogP contribution in [0.2, 0.25) is 0 Å². The number of anilines is 2. The highest BCUT2D eigenvalue weighted by Gasteiger charge is 2.36. The van der Waals surface area contributed by atoms with E-state index < -0.39 is 0 Å². The molecule has 0 saturated carbocycles. The lowest BCUT2D eigenvalue weighted by Gasteiger charge is -2.23. The Kier molecular flexibility index (Phi) is 6.60. The van der Waals surface area contributed by atoms with E-state index in [-0.39, 0.29) is 5.41 Å². The maximum Gasteiger partial charge on any atom is 0.0541 e. The molecule has 0 amide bonds. The molecule has 0 unspecified atom stereocenters. The number of hydrogen-bond acceptors (Lipinski definition) is 1. The number of rotatable bonds is 5. The van der Waals surface area contributed by atoms with Gasteiger partial charge in [0.2, 0.25) is 0 Å². The van der Waals surface area contributed by atoms with E-state index in [1.807, 2.05) is 0 Å². The number of hydrogen-bond donors (Lipinski definition) is 1. The van der Waals surface area contributed by atoms with E-state index in [0.717, 1.165) is 11.4 Å². The van der Waals surface area contributed by atoms with Gasteiger partial charge in [0.05, 0.1) is 22.1 Å². The van der Waals surface area contributed by atoms with Gasteiger partial charge in [-0.05, 0) is 112 Å². The Labute approximate surface area is 314 Å². The lowest BCUT2D eigenvalue weighted by molar-refractivity contribution is 0.660. The van der Waals surface area contributed by atoms with Gasteiger partial charge in [0.1, 0.15) is 0 Å². The lowest BCUT2D eigenvalue weighted by Crippen LogP contribution is -2.15. The quantitative estimate of drug-likeness (QED) is 0.191. The first-order valence-electron chi connectivity index (χ1n) is 18.8. The fourth-order valence-corrected chi connectivity index (χ4v) is 9.06. The molecule has 0 atom stereocenters. The van der Waals surface area contributed by atoms with Crippen LogP contribution in [0.1, 0.15) is 25.0 Å². The Morgan fingerprint density at radius 3 is 1.54 bits per heavy atom. The number of para-hydroxylation sites is 4. The smallest absolute Gasteiger partial charge is 0.0541 e. The summed E-state index contributed by atoms with van der Waals surface area (Å²) in [4.78, 5) is 0. The van der Waals surface area contributed by atoms with Crippen LogP contribution >= 0.6 is 0 Å². The van der Waals surface area contributed by atoms with Gasteiger partial charge in [-0.3, -0.25) is 0 Å². The monoisotopic (exact) mass is 691 g/mol. The molecule has 54 heavy (non-hydrogen) atoms. The number of benzene rings is 8. The van der Waals surface area contributed by atoms with Crippen LogP contribution in [0.15, 0.2) is 182 Å². The normalized spacial score (nSPS) is 13.1. The maximum atomic E-state index is 3.72. The van der Waals surface area contributed by atoms with Gasteiger partial charge in [0, 0.05) is 49.7 Å². The van der Waals surface area contributed by atoms with Gasteiger partial charge in [-0.1, -0.05) is 117 Å². The molecule has 2 heterocycles. The minimum Gasteiger partial charge on any atom is -0.356 e. The van der Waals surface area contributed by atoms with Gasteiger partial charge >= 0.3 is 0 Å². The fourth-order valence-electron chi connectivity index (χ4n) is 9.06. The van der Waals surface area contributed by atoms with Crippen LogP contribution in [0.5, 0.6) is 0 Å². The number of aromatic nitrogens is 2. The average molecular weight is 692 g/mol. The second-order valence-corrected chi connectivity index (χ2v) is 15.1. The zero-order chi connectivity index (χ0) is 36.0. The molecule has 1 N–H and O–H groups in total. The minimum absolute atomic E-state index is 0.150. The van der Waals surface area contributed by atoms with E-state index in [1.165, 1.54) is 88.4 Å². The summed E-state index contributed by atoms with van der Waals surface area (Å²) in [7, 11) is 0. The van der Waals surface area contributed by atoms with Crippen molar-refractivity contribution in [2.24, 2.45) is 0 Å². The van der Waals surface area contributed by atoms with Crippen molar-refractivity contribution in [3.63, 3.8) is 0 Å². The second-order valence-electron chi connectivity index (χ2n) is 15.1. The van der Waals surface area contributed by atoms with E-state index in [0.29, 0.717) is 0 Å². The van der Waals surface area contributed by atoms with Gasteiger partial charge in [-0.2, -0.15) is 0 Å². The molecule has 1 aliphatic carbocycles. The Morgan fingerprint density at radius 2 is 0.870 bits per heavy atom. The van der Waals surface area contributed by atoms with E-state index in [2.05, 4.69) is 210 Å². The fraction of sp³-hybridized carbons (Fsp3) is 0.0588. The SMILES string of the molecule is CC1(C)c2cc(Nc3ccc(-c4ccc5c(c4)c4ccccc4n5-c4ccccc4)cc3)ccc2-c2ccc(-n3c4ccccc4c4ccccc43)cc21. The maximum absolute atomic E-state index is 3.72. The minimum atomic E-state index is -0.150. The summed E-state index contributed by atoms with van der Waals surface area (Å²) in [5.74, 6) is 0. The second kappa shape index (κ2) is 11.6. The summed E-state index contributed by atoms with van der Waals surface area (Å²) in [6.45, 7) is 4.72.